The number of hydrogen-bond acceptors (Lipinski definition) is 10. The molecule has 10 nitrogen and oxygen atoms in total. The Balaban J connectivity index is 1.09. The van der Waals surface area contributed by atoms with Crippen molar-refractivity contribution >= 4 is 42.0 Å². The van der Waals surface area contributed by atoms with E-state index in [4.69, 9.17) is 24.2 Å². The highest BCUT2D eigenvalue weighted by Crippen LogP contribution is 2.51. The minimum Gasteiger partial charge on any atom is -0.508 e. The lowest BCUT2D eigenvalue weighted by atomic mass is 9.72. The van der Waals surface area contributed by atoms with Crippen molar-refractivity contribution in [3.05, 3.63) is 41.8 Å². The van der Waals surface area contributed by atoms with Gasteiger partial charge >= 0.3 is 6.01 Å². The van der Waals surface area contributed by atoms with Crippen molar-refractivity contribution in [2.45, 2.75) is 101 Å². The number of phenolic OH excluding ortho intramolecular Hbond substituents is 1. The van der Waals surface area contributed by atoms with E-state index in [1.807, 2.05) is 17.0 Å². The summed E-state index contributed by atoms with van der Waals surface area (Å²) in [6.07, 6.45) is 13.2. The number of aryl methyl sites for hydroxylation is 1. The van der Waals surface area contributed by atoms with Crippen molar-refractivity contribution in [3.8, 4) is 23.0 Å². The van der Waals surface area contributed by atoms with E-state index in [1.54, 1.807) is 18.3 Å². The second-order valence-corrected chi connectivity index (χ2v) is 16.8. The second-order valence-electron chi connectivity index (χ2n) is 16.2. The zero-order valence-electron chi connectivity index (χ0n) is 30.7. The zero-order valence-corrected chi connectivity index (χ0v) is 31.8. The molecule has 1 spiro atoms. The highest BCUT2D eigenvalue weighted by Gasteiger charge is 2.52. The van der Waals surface area contributed by atoms with E-state index in [1.165, 1.54) is 25.7 Å². The highest BCUT2D eigenvalue weighted by molar-refractivity contribution is 7.27. The summed E-state index contributed by atoms with van der Waals surface area (Å²) in [6, 6.07) is 8.38. The van der Waals surface area contributed by atoms with Crippen molar-refractivity contribution in [2.75, 3.05) is 51.0 Å². The number of aliphatic hydroxyl groups is 1. The van der Waals surface area contributed by atoms with Crippen LogP contribution in [0.5, 0.6) is 11.8 Å². The molecule has 0 bridgehead atoms. The number of phenols is 1. The van der Waals surface area contributed by atoms with Crippen molar-refractivity contribution < 1.29 is 28.8 Å². The van der Waals surface area contributed by atoms with Crippen LogP contribution < -0.4 is 14.9 Å². The van der Waals surface area contributed by atoms with Crippen LogP contribution in [0.25, 0.3) is 32.9 Å². The average molecular weight is 744 g/mol. The number of anilines is 1. The number of β-amino-alcohol motifs (C(OH)–C–C–N with tert-alkyl or cyclic N) is 1. The quantitative estimate of drug-likeness (QED) is 0.217. The number of hydrogen-bond donors (Lipinski definition) is 2. The summed E-state index contributed by atoms with van der Waals surface area (Å²) in [5.41, 5.74) is 1.90. The summed E-state index contributed by atoms with van der Waals surface area (Å²) in [4.78, 5) is 19.1. The Hall–Kier alpha value is -3.21. The van der Waals surface area contributed by atoms with Gasteiger partial charge in [0, 0.05) is 42.3 Å². The molecule has 2 aromatic carbocycles. The topological polar surface area (TPSA) is 113 Å². The number of rotatable bonds is 7. The molecule has 12 heteroatoms. The fourth-order valence-corrected chi connectivity index (χ4v) is 10.9. The first kappa shape index (κ1) is 35.5. The van der Waals surface area contributed by atoms with Crippen molar-refractivity contribution in [1.29, 1.82) is 0 Å². The molecule has 2 aromatic heterocycles. The van der Waals surface area contributed by atoms with Crippen LogP contribution in [0.15, 0.2) is 30.5 Å². The average Bonchev–Trinajstić information content (AvgIpc) is 3.47. The molecule has 282 valence electrons. The van der Waals surface area contributed by atoms with Crippen LogP contribution in [0.4, 0.5) is 10.2 Å². The number of fused-ring (bicyclic) bond motifs is 3. The van der Waals surface area contributed by atoms with Crippen molar-refractivity contribution in [1.82, 2.24) is 19.9 Å². The predicted molar refractivity (Wildman–Crippen MR) is 207 cm³/mol. The summed E-state index contributed by atoms with van der Waals surface area (Å²) in [5.74, 6) is -0.0962. The Morgan fingerprint density at radius 3 is 2.66 bits per heavy atom. The zero-order chi connectivity index (χ0) is 36.3. The molecule has 5 fully saturated rings. The van der Waals surface area contributed by atoms with Gasteiger partial charge in [0.2, 0.25) is 0 Å². The van der Waals surface area contributed by atoms with Gasteiger partial charge in [-0.25, -0.2) is 4.39 Å². The minimum absolute atomic E-state index is 0.0136. The fourth-order valence-electron chi connectivity index (χ4n) is 10.4. The Morgan fingerprint density at radius 2 is 1.87 bits per heavy atom. The maximum Gasteiger partial charge on any atom is 0.319 e. The van der Waals surface area contributed by atoms with E-state index in [-0.39, 0.29) is 47.1 Å². The standard InChI is InChI=1S/C41H51FN5O5P/c1-2-29-32(53)7-6-25-19-27(48)20-30(34(25)29)36-35(42)37-31(21-43-36)38(46-16-18-50-23-28(49)22-46)45-39(44-37)51-24-40-10-3-5-33(40)47(15-4-11-40)26-8-12-41(13-9-26)14-17-52-41/h6-7,19-21,26,28,33,48-49H,2-5,8-18,22-24,53H2,1H3. The van der Waals surface area contributed by atoms with Gasteiger partial charge in [-0.3, -0.25) is 9.88 Å². The number of aliphatic hydroxyl groups excluding tert-OH is 1. The van der Waals surface area contributed by atoms with Crippen LogP contribution >= 0.6 is 9.24 Å². The number of nitrogens with zero attached hydrogens (tertiary/aromatic N) is 5. The van der Waals surface area contributed by atoms with Crippen LogP contribution in [0, 0.1) is 11.2 Å². The lowest BCUT2D eigenvalue weighted by Crippen LogP contribution is -2.58. The number of aromatic hydroxyl groups is 1. The summed E-state index contributed by atoms with van der Waals surface area (Å²) in [7, 11) is 2.78. The molecule has 2 aliphatic carbocycles. The Kier molecular flexibility index (Phi) is 9.46. The van der Waals surface area contributed by atoms with E-state index < -0.39 is 11.9 Å². The monoisotopic (exact) mass is 743 g/mol. The third-order valence-electron chi connectivity index (χ3n) is 13.2. The van der Waals surface area contributed by atoms with Gasteiger partial charge < -0.3 is 29.3 Å². The molecule has 2 saturated carbocycles. The molecule has 0 amide bonds. The van der Waals surface area contributed by atoms with Gasteiger partial charge in [0.25, 0.3) is 0 Å². The third kappa shape index (κ3) is 6.34. The Morgan fingerprint density at radius 1 is 1.04 bits per heavy atom. The number of piperidine rings is 1. The molecule has 3 aliphatic heterocycles. The SMILES string of the molecule is CCc1c(P)ccc2cc(O)cc(-c3ncc4c(N5CCOCC(O)C5)nc(OCC56CCCC5N(C5CCC7(CCO7)CC5)CCC6)nc4c3F)c12. The largest absolute Gasteiger partial charge is 0.508 e. The van der Waals surface area contributed by atoms with Crippen LogP contribution in [-0.2, 0) is 15.9 Å². The normalized spacial score (nSPS) is 29.4. The molecule has 9 rings (SSSR count). The van der Waals surface area contributed by atoms with Gasteiger partial charge in [-0.1, -0.05) is 25.5 Å². The molecule has 4 aromatic rings. The summed E-state index contributed by atoms with van der Waals surface area (Å²) < 4.78 is 35.5. The van der Waals surface area contributed by atoms with Crippen LogP contribution in [0.3, 0.4) is 0 Å². The van der Waals surface area contributed by atoms with E-state index in [0.29, 0.717) is 48.6 Å². The van der Waals surface area contributed by atoms with Gasteiger partial charge in [0.1, 0.15) is 22.8 Å². The van der Waals surface area contributed by atoms with Gasteiger partial charge in [-0.05, 0) is 105 Å². The maximum absolute atomic E-state index is 17.2. The second kappa shape index (κ2) is 14.1. The number of likely N-dealkylation sites (tertiary alicyclic amines) is 1. The first-order chi connectivity index (χ1) is 25.8. The molecule has 4 unspecified atom stereocenters. The van der Waals surface area contributed by atoms with Crippen molar-refractivity contribution in [2.24, 2.45) is 5.41 Å². The van der Waals surface area contributed by atoms with Gasteiger partial charge in [0.05, 0.1) is 43.5 Å². The molecular weight excluding hydrogens is 692 g/mol. The van der Waals surface area contributed by atoms with E-state index >= 15 is 4.39 Å². The van der Waals surface area contributed by atoms with E-state index in [9.17, 15) is 10.2 Å². The van der Waals surface area contributed by atoms with Crippen LogP contribution in [0.2, 0.25) is 0 Å². The molecular formula is C41H51FN5O5P. The van der Waals surface area contributed by atoms with Gasteiger partial charge in [-0.2, -0.15) is 9.97 Å². The van der Waals surface area contributed by atoms with Crippen LogP contribution in [-0.4, -0.2) is 99.9 Å². The summed E-state index contributed by atoms with van der Waals surface area (Å²) >= 11 is 0. The van der Waals surface area contributed by atoms with E-state index in [2.05, 4.69) is 26.0 Å². The lowest BCUT2D eigenvalue weighted by molar-refractivity contribution is -0.175. The Labute approximate surface area is 312 Å². The van der Waals surface area contributed by atoms with Crippen molar-refractivity contribution in [3.63, 3.8) is 0 Å². The fraction of sp³-hybridized carbons (Fsp3) is 0.585. The number of pyridine rings is 1. The molecule has 2 N–H and O–H groups in total. The molecule has 3 saturated heterocycles. The first-order valence-corrected chi connectivity index (χ1v) is 20.3. The Bertz CT molecular complexity index is 2020. The van der Waals surface area contributed by atoms with Gasteiger partial charge in [0.15, 0.2) is 5.82 Å². The molecule has 53 heavy (non-hydrogen) atoms. The smallest absolute Gasteiger partial charge is 0.319 e. The first-order valence-electron chi connectivity index (χ1n) is 19.7. The summed E-state index contributed by atoms with van der Waals surface area (Å²) in [6.45, 7) is 5.94. The molecule has 0 radical (unpaired) electrons. The predicted octanol–water partition coefficient (Wildman–Crippen LogP) is 6.07. The summed E-state index contributed by atoms with van der Waals surface area (Å²) in [5, 5.41) is 24.6. The van der Waals surface area contributed by atoms with Crippen LogP contribution in [0.1, 0.15) is 76.7 Å². The number of benzene rings is 2. The minimum atomic E-state index is -0.729. The number of ether oxygens (including phenoxy) is 3. The highest BCUT2D eigenvalue weighted by atomic mass is 31.0. The maximum atomic E-state index is 17.2. The molecule has 5 aliphatic rings. The third-order valence-corrected chi connectivity index (χ3v) is 13.7. The molecule has 5 heterocycles. The number of aromatic nitrogens is 3. The lowest BCUT2D eigenvalue weighted by Gasteiger charge is -2.53. The number of halogens is 1. The van der Waals surface area contributed by atoms with E-state index in [0.717, 1.165) is 79.7 Å². The van der Waals surface area contributed by atoms with Gasteiger partial charge in [-0.15, -0.1) is 9.24 Å². The molecule has 4 atom stereocenters.